The lowest BCUT2D eigenvalue weighted by atomic mass is 10.2. The molecule has 0 aliphatic heterocycles. The van der Waals surface area contributed by atoms with Gasteiger partial charge < -0.3 is 15.6 Å². The summed E-state index contributed by atoms with van der Waals surface area (Å²) in [7, 11) is 0. The maximum absolute atomic E-state index is 10.6. The van der Waals surface area contributed by atoms with Gasteiger partial charge in [-0.15, -0.1) is 5.10 Å². The summed E-state index contributed by atoms with van der Waals surface area (Å²) in [5.41, 5.74) is 7.59. The van der Waals surface area contributed by atoms with E-state index in [0.717, 1.165) is 5.56 Å². The van der Waals surface area contributed by atoms with Gasteiger partial charge in [0, 0.05) is 11.3 Å². The molecule has 0 fully saturated rings. The third-order valence-electron chi connectivity index (χ3n) is 2.85. The zero-order valence-electron chi connectivity index (χ0n) is 12.8. The second kappa shape index (κ2) is 9.36. The first kappa shape index (κ1) is 17.6. The molecular formula is C17H17N3O3S. The third kappa shape index (κ3) is 6.13. The summed E-state index contributed by atoms with van der Waals surface area (Å²) >= 11 is 1.39. The Hall–Kier alpha value is -2.80. The van der Waals surface area contributed by atoms with Crippen molar-refractivity contribution in [3.05, 3.63) is 65.7 Å². The fourth-order valence-electron chi connectivity index (χ4n) is 1.77. The highest BCUT2D eigenvalue weighted by atomic mass is 32.2. The molecule has 0 unspecified atom stereocenters. The maximum Gasteiger partial charge on any atom is 0.341 e. The van der Waals surface area contributed by atoms with Crippen LogP contribution in [0.3, 0.4) is 0 Å². The Bertz CT molecular complexity index is 733. The van der Waals surface area contributed by atoms with Crippen molar-refractivity contribution in [2.45, 2.75) is 5.75 Å². The van der Waals surface area contributed by atoms with Gasteiger partial charge in [0.25, 0.3) is 0 Å². The van der Waals surface area contributed by atoms with Crippen LogP contribution < -0.4 is 10.5 Å². The van der Waals surface area contributed by atoms with E-state index in [4.69, 9.17) is 15.6 Å². The number of hydrogen-bond acceptors (Lipinski definition) is 5. The minimum Gasteiger partial charge on any atom is -0.481 e. The molecule has 0 saturated heterocycles. The molecule has 0 saturated carbocycles. The first-order chi connectivity index (χ1) is 11.6. The number of carbonyl (C=O) groups is 1. The van der Waals surface area contributed by atoms with Gasteiger partial charge >= 0.3 is 5.97 Å². The van der Waals surface area contributed by atoms with E-state index in [2.05, 4.69) is 10.2 Å². The van der Waals surface area contributed by atoms with Crippen molar-refractivity contribution in [2.24, 2.45) is 15.9 Å². The molecule has 2 aromatic carbocycles. The van der Waals surface area contributed by atoms with Gasteiger partial charge in [0.1, 0.15) is 5.75 Å². The average Bonchev–Trinajstić information content (AvgIpc) is 2.60. The highest BCUT2D eigenvalue weighted by Crippen LogP contribution is 2.16. The largest absolute Gasteiger partial charge is 0.481 e. The number of rotatable bonds is 7. The van der Waals surface area contributed by atoms with Crippen LogP contribution in [0.1, 0.15) is 11.1 Å². The van der Waals surface area contributed by atoms with E-state index in [0.29, 0.717) is 22.2 Å². The standard InChI is InChI=1S/C17H17N3O3S/c18-17(24-12-13-6-2-1-3-7-13)20-19-10-14-8-4-5-9-15(14)23-11-16(21)22/h1-10H,11-12H2,(H2,18,20)(H,21,22). The van der Waals surface area contributed by atoms with Crippen LogP contribution in [0.4, 0.5) is 0 Å². The summed E-state index contributed by atoms with van der Waals surface area (Å²) < 4.78 is 5.19. The number of nitrogens with two attached hydrogens (primary N) is 1. The Morgan fingerprint density at radius 1 is 1.17 bits per heavy atom. The van der Waals surface area contributed by atoms with Crippen LogP contribution in [-0.2, 0) is 10.5 Å². The van der Waals surface area contributed by atoms with E-state index in [1.165, 1.54) is 18.0 Å². The molecule has 0 radical (unpaired) electrons. The summed E-state index contributed by atoms with van der Waals surface area (Å²) in [6.07, 6.45) is 1.48. The van der Waals surface area contributed by atoms with E-state index in [9.17, 15) is 4.79 Å². The molecule has 0 aliphatic carbocycles. The molecule has 124 valence electrons. The number of para-hydroxylation sites is 1. The predicted octanol–water partition coefficient (Wildman–Crippen LogP) is 2.73. The summed E-state index contributed by atoms with van der Waals surface area (Å²) in [6.45, 7) is -0.414. The molecule has 0 heterocycles. The molecule has 0 aromatic heterocycles. The van der Waals surface area contributed by atoms with Crippen LogP contribution in [0.5, 0.6) is 5.75 Å². The monoisotopic (exact) mass is 343 g/mol. The van der Waals surface area contributed by atoms with Crippen molar-refractivity contribution in [2.75, 3.05) is 6.61 Å². The topological polar surface area (TPSA) is 97.3 Å². The lowest BCUT2D eigenvalue weighted by molar-refractivity contribution is -0.139. The van der Waals surface area contributed by atoms with Crippen molar-refractivity contribution in [3.63, 3.8) is 0 Å². The first-order valence-corrected chi connectivity index (χ1v) is 8.10. The summed E-state index contributed by atoms with van der Waals surface area (Å²) in [4.78, 5) is 10.6. The van der Waals surface area contributed by atoms with Crippen LogP contribution >= 0.6 is 11.8 Å². The van der Waals surface area contributed by atoms with Crippen molar-refractivity contribution in [1.82, 2.24) is 0 Å². The van der Waals surface area contributed by atoms with Crippen LogP contribution in [0.15, 0.2) is 64.8 Å². The number of ether oxygens (including phenoxy) is 1. The SMILES string of the molecule is NC(=NN=Cc1ccccc1OCC(=O)O)SCc1ccccc1. The Morgan fingerprint density at radius 3 is 2.62 bits per heavy atom. The first-order valence-electron chi connectivity index (χ1n) is 7.12. The number of amidine groups is 1. The smallest absolute Gasteiger partial charge is 0.341 e. The summed E-state index contributed by atoms with van der Waals surface area (Å²) in [5.74, 6) is 0.0972. The number of thioether (sulfide) groups is 1. The second-order valence-corrected chi connectivity index (χ2v) is 5.67. The highest BCUT2D eigenvalue weighted by Gasteiger charge is 2.03. The van der Waals surface area contributed by atoms with Gasteiger partial charge in [0.2, 0.25) is 0 Å². The quantitative estimate of drug-likeness (QED) is 0.458. The van der Waals surface area contributed by atoms with Gasteiger partial charge in [-0.25, -0.2) is 4.79 Å². The number of carboxylic acid groups (broad SMARTS) is 1. The lowest BCUT2D eigenvalue weighted by Crippen LogP contribution is -2.10. The van der Waals surface area contributed by atoms with Crippen molar-refractivity contribution in [3.8, 4) is 5.75 Å². The minimum absolute atomic E-state index is 0.346. The normalized spacial score (nSPS) is 11.6. The Kier molecular flexibility index (Phi) is 6.85. The number of carboxylic acids is 1. The zero-order chi connectivity index (χ0) is 17.2. The van der Waals surface area contributed by atoms with Crippen LogP contribution in [0, 0.1) is 0 Å². The van der Waals surface area contributed by atoms with Crippen LogP contribution in [0.2, 0.25) is 0 Å². The molecule has 0 atom stereocenters. The molecule has 6 nitrogen and oxygen atoms in total. The molecule has 24 heavy (non-hydrogen) atoms. The molecule has 0 bridgehead atoms. The Balaban J connectivity index is 1.93. The van der Waals surface area contributed by atoms with Gasteiger partial charge in [0.15, 0.2) is 11.8 Å². The van der Waals surface area contributed by atoms with E-state index >= 15 is 0 Å². The molecular weight excluding hydrogens is 326 g/mol. The number of benzene rings is 2. The molecule has 0 spiro atoms. The second-order valence-electron chi connectivity index (χ2n) is 4.68. The van der Waals surface area contributed by atoms with E-state index in [1.807, 2.05) is 30.3 Å². The summed E-state index contributed by atoms with van der Waals surface area (Å²) in [5, 5.41) is 16.9. The number of hydrogen-bond donors (Lipinski definition) is 2. The molecule has 0 aliphatic rings. The molecule has 0 amide bonds. The fraction of sp³-hybridized carbons (Fsp3) is 0.118. The van der Waals surface area contributed by atoms with Gasteiger partial charge in [0.05, 0.1) is 6.21 Å². The van der Waals surface area contributed by atoms with E-state index in [-0.39, 0.29) is 0 Å². The van der Waals surface area contributed by atoms with Gasteiger partial charge in [-0.3, -0.25) is 0 Å². The predicted molar refractivity (Wildman–Crippen MR) is 96.5 cm³/mol. The third-order valence-corrected chi connectivity index (χ3v) is 3.71. The lowest BCUT2D eigenvalue weighted by Gasteiger charge is -2.05. The fourth-order valence-corrected chi connectivity index (χ4v) is 2.38. The molecule has 2 rings (SSSR count). The van der Waals surface area contributed by atoms with Gasteiger partial charge in [-0.05, 0) is 17.7 Å². The van der Waals surface area contributed by atoms with Crippen molar-refractivity contribution >= 4 is 29.1 Å². The molecule has 2 aromatic rings. The number of aliphatic carboxylic acids is 1. The maximum atomic E-state index is 10.6. The number of nitrogens with zero attached hydrogens (tertiary/aromatic N) is 2. The van der Waals surface area contributed by atoms with E-state index in [1.54, 1.807) is 24.3 Å². The zero-order valence-corrected chi connectivity index (χ0v) is 13.6. The average molecular weight is 343 g/mol. The van der Waals surface area contributed by atoms with Gasteiger partial charge in [-0.2, -0.15) is 5.10 Å². The van der Waals surface area contributed by atoms with Crippen LogP contribution in [0.25, 0.3) is 0 Å². The Labute approximate surface area is 144 Å². The van der Waals surface area contributed by atoms with Gasteiger partial charge in [-0.1, -0.05) is 54.2 Å². The minimum atomic E-state index is -1.04. The summed E-state index contributed by atoms with van der Waals surface area (Å²) in [6, 6.07) is 16.9. The van der Waals surface area contributed by atoms with E-state index < -0.39 is 12.6 Å². The highest BCUT2D eigenvalue weighted by molar-refractivity contribution is 8.13. The Morgan fingerprint density at radius 2 is 1.88 bits per heavy atom. The van der Waals surface area contributed by atoms with Crippen molar-refractivity contribution in [1.29, 1.82) is 0 Å². The molecule has 7 heteroatoms. The van der Waals surface area contributed by atoms with Crippen molar-refractivity contribution < 1.29 is 14.6 Å². The molecule has 3 N–H and O–H groups in total. The van der Waals surface area contributed by atoms with Crippen LogP contribution in [-0.4, -0.2) is 29.1 Å².